The number of allylic oxidation sites excluding steroid dienone is 1. The maximum atomic E-state index is 14.1. The highest BCUT2D eigenvalue weighted by Gasteiger charge is 2.96. The van der Waals surface area contributed by atoms with Crippen molar-refractivity contribution >= 4 is 16.0 Å². The third kappa shape index (κ3) is 6.07. The highest BCUT2D eigenvalue weighted by Crippen LogP contribution is 2.64. The number of carboxylic acids is 1. The molecule has 0 rings (SSSR count). The van der Waals surface area contributed by atoms with Gasteiger partial charge in [0.1, 0.15) is 11.3 Å². The number of hydrogen-bond donors (Lipinski definition) is 2. The summed E-state index contributed by atoms with van der Waals surface area (Å²) in [6.45, 7) is 0. The number of nitrogens with one attached hydrogen (secondary N) is 1. The van der Waals surface area contributed by atoms with Crippen LogP contribution in [0.4, 0.5) is 119 Å². The lowest BCUT2D eigenvalue weighted by Crippen LogP contribution is -2.75. The Kier molecular flexibility index (Phi) is 10.6. The molecule has 0 unspecified atom stereocenters. The van der Waals surface area contributed by atoms with Gasteiger partial charge in [0.05, 0.1) is 0 Å². The van der Waals surface area contributed by atoms with E-state index in [0.717, 1.165) is 0 Å². The Morgan fingerprint density at radius 2 is 0.667 bits per heavy atom. The molecule has 0 aliphatic rings. The zero-order valence-corrected chi connectivity index (χ0v) is 21.1. The van der Waals surface area contributed by atoms with Gasteiger partial charge in [-0.15, -0.1) is 0 Å². The van der Waals surface area contributed by atoms with Gasteiger partial charge >= 0.3 is 87.2 Å². The molecule has 48 heavy (non-hydrogen) atoms. The van der Waals surface area contributed by atoms with Crippen LogP contribution in [-0.4, -0.2) is 90.7 Å². The molecule has 286 valence electrons. The Morgan fingerprint density at radius 1 is 0.417 bits per heavy atom. The Bertz CT molecular complexity index is 1350. The standard InChI is InChI=1S/C15H2F27NO4S/c16-4(17,12(32,33)34)2(5(18,19)13(35,36)37)1(3(44)45)43-48(46,47)15(41,42)11(30,31)9(26,27)7(22,23)6(20,21)8(24,25)10(28,29)14(38,39)40/h43H,(H,44,45). The molecule has 0 aromatic heterocycles. The molecule has 0 radical (unpaired) electrons. The molecule has 0 aliphatic heterocycles. The van der Waals surface area contributed by atoms with Gasteiger partial charge in [0.15, 0.2) is 0 Å². The van der Waals surface area contributed by atoms with Gasteiger partial charge in [-0.1, -0.05) is 0 Å². The summed E-state index contributed by atoms with van der Waals surface area (Å²) in [7, 11) is -9.34. The Morgan fingerprint density at radius 3 is 0.896 bits per heavy atom. The van der Waals surface area contributed by atoms with Gasteiger partial charge in [0, 0.05) is 0 Å². The number of halogens is 27. The number of rotatable bonds is 12. The minimum Gasteiger partial charge on any atom is -0.477 e. The summed E-state index contributed by atoms with van der Waals surface area (Å²) in [5.74, 6) is -76.7. The zero-order valence-electron chi connectivity index (χ0n) is 20.3. The van der Waals surface area contributed by atoms with Crippen molar-refractivity contribution in [2.75, 3.05) is 0 Å². The average molecular weight is 805 g/mol. The molecule has 0 amide bonds. The van der Waals surface area contributed by atoms with E-state index in [1.165, 1.54) is 0 Å². The molecule has 5 nitrogen and oxygen atoms in total. The van der Waals surface area contributed by atoms with Crippen LogP contribution in [0.3, 0.4) is 0 Å². The van der Waals surface area contributed by atoms with Crippen molar-refractivity contribution in [3.63, 3.8) is 0 Å². The Labute approximate surface area is 241 Å². The van der Waals surface area contributed by atoms with Gasteiger partial charge in [-0.25, -0.2) is 4.79 Å². The second kappa shape index (κ2) is 11.3. The van der Waals surface area contributed by atoms with Crippen LogP contribution in [0, 0.1) is 0 Å². The predicted octanol–water partition coefficient (Wildman–Crippen LogP) is 7.61. The maximum absolute atomic E-state index is 14.1. The molecule has 0 bridgehead atoms. The van der Waals surface area contributed by atoms with E-state index in [1.54, 1.807) is 0 Å². The third-order valence-electron chi connectivity index (χ3n) is 5.07. The van der Waals surface area contributed by atoms with Gasteiger partial charge < -0.3 is 5.11 Å². The molecule has 0 aliphatic carbocycles. The molecule has 0 aromatic rings. The molecule has 0 saturated carbocycles. The number of carbonyl (C=O) groups is 1. The first-order valence-electron chi connectivity index (χ1n) is 9.77. The summed E-state index contributed by atoms with van der Waals surface area (Å²) in [6, 6.07) is 0. The first kappa shape index (κ1) is 45.1. The van der Waals surface area contributed by atoms with Crippen molar-refractivity contribution < 1.29 is 137 Å². The Balaban J connectivity index is 7.90. The lowest BCUT2D eigenvalue weighted by atomic mass is 9.91. The van der Waals surface area contributed by atoms with Crippen LogP contribution in [0.5, 0.6) is 0 Å². The van der Waals surface area contributed by atoms with Crippen LogP contribution in [-0.2, 0) is 14.8 Å². The fourth-order valence-electron chi connectivity index (χ4n) is 2.51. The molecule has 2 N–H and O–H groups in total. The second-order valence-electron chi connectivity index (χ2n) is 8.27. The third-order valence-corrected chi connectivity index (χ3v) is 6.48. The summed E-state index contributed by atoms with van der Waals surface area (Å²) >= 11 is 0. The average Bonchev–Trinajstić information content (AvgIpc) is 2.79. The van der Waals surface area contributed by atoms with Crippen molar-refractivity contribution in [1.82, 2.24) is 4.72 Å². The van der Waals surface area contributed by atoms with Crippen LogP contribution in [0.25, 0.3) is 0 Å². The SMILES string of the molecule is O=C(O)C(NS(=O)(=O)C(F)(F)C(F)(F)C(F)(F)C(F)(F)C(F)(F)C(F)(F)C(F)(F)C(F)(F)F)=C(C(F)(F)C(F)(F)F)C(F)(F)C(F)(F)F. The van der Waals surface area contributed by atoms with Gasteiger partial charge in [0.2, 0.25) is 0 Å². The van der Waals surface area contributed by atoms with Gasteiger partial charge in [-0.05, 0) is 0 Å². The number of alkyl halides is 27. The molecule has 0 aromatic carbocycles. The van der Waals surface area contributed by atoms with Crippen LogP contribution >= 0.6 is 0 Å². The monoisotopic (exact) mass is 805 g/mol. The van der Waals surface area contributed by atoms with Crippen LogP contribution in [0.15, 0.2) is 11.3 Å². The summed E-state index contributed by atoms with van der Waals surface area (Å²) in [5, 5.41) is -0.560. The van der Waals surface area contributed by atoms with E-state index >= 15 is 0 Å². The van der Waals surface area contributed by atoms with Crippen molar-refractivity contribution in [2.24, 2.45) is 0 Å². The topological polar surface area (TPSA) is 83.5 Å². The quantitative estimate of drug-likeness (QED) is 0.157. The van der Waals surface area contributed by atoms with Crippen LogP contribution < -0.4 is 4.72 Å². The first-order valence-corrected chi connectivity index (χ1v) is 11.3. The normalized spacial score (nSPS) is 16.1. The van der Waals surface area contributed by atoms with E-state index in [0.29, 0.717) is 0 Å². The first-order chi connectivity index (χ1) is 20.2. The van der Waals surface area contributed by atoms with E-state index in [4.69, 9.17) is 5.11 Å². The maximum Gasteiger partial charge on any atom is 0.460 e. The zero-order chi connectivity index (χ0) is 39.9. The van der Waals surface area contributed by atoms with Crippen molar-refractivity contribution in [1.29, 1.82) is 0 Å². The molecular weight excluding hydrogens is 803 g/mol. The number of hydrogen-bond acceptors (Lipinski definition) is 3. The van der Waals surface area contributed by atoms with Gasteiger partial charge in [-0.3, -0.25) is 4.72 Å². The van der Waals surface area contributed by atoms with E-state index in [9.17, 15) is 132 Å². The highest BCUT2D eigenvalue weighted by atomic mass is 32.2. The molecule has 0 fully saturated rings. The fraction of sp³-hybridized carbons (Fsp3) is 0.800. The van der Waals surface area contributed by atoms with Crippen molar-refractivity contribution in [3.8, 4) is 0 Å². The van der Waals surface area contributed by atoms with E-state index in [1.807, 2.05) is 0 Å². The van der Waals surface area contributed by atoms with Crippen molar-refractivity contribution in [3.05, 3.63) is 11.3 Å². The summed E-state index contributed by atoms with van der Waals surface area (Å²) < 4.78 is 377. The summed E-state index contributed by atoms with van der Waals surface area (Å²) in [5.41, 5.74) is -10.5. The molecule has 0 atom stereocenters. The molecule has 0 heterocycles. The molecule has 33 heteroatoms. The van der Waals surface area contributed by atoms with Gasteiger partial charge in [-0.2, -0.15) is 127 Å². The number of aliphatic carboxylic acids is 1. The van der Waals surface area contributed by atoms with Crippen LogP contribution in [0.2, 0.25) is 0 Å². The minimum absolute atomic E-state index is 1.59. The minimum atomic E-state index is -9.56. The largest absolute Gasteiger partial charge is 0.477 e. The number of sulfonamides is 1. The second-order valence-corrected chi connectivity index (χ2v) is 9.99. The van der Waals surface area contributed by atoms with Crippen LogP contribution in [0.1, 0.15) is 0 Å². The summed E-state index contributed by atoms with van der Waals surface area (Å²) in [6.07, 6.45) is -24.3. The lowest BCUT2D eigenvalue weighted by molar-refractivity contribution is -0.458. The van der Waals surface area contributed by atoms with E-state index in [2.05, 4.69) is 0 Å². The number of carboxylic acid groups (broad SMARTS) is 1. The van der Waals surface area contributed by atoms with E-state index < -0.39 is 103 Å². The summed E-state index contributed by atoms with van der Waals surface area (Å²) in [4.78, 5) is 10.9. The van der Waals surface area contributed by atoms with Gasteiger partial charge in [0.25, 0.3) is 0 Å². The molecule has 0 spiro atoms. The van der Waals surface area contributed by atoms with E-state index in [-0.39, 0.29) is 0 Å². The van der Waals surface area contributed by atoms with Crippen molar-refractivity contribution in [2.45, 2.75) is 71.2 Å². The fourth-order valence-corrected chi connectivity index (χ4v) is 3.56. The lowest BCUT2D eigenvalue weighted by Gasteiger charge is -2.42. The smallest absolute Gasteiger partial charge is 0.460 e. The highest BCUT2D eigenvalue weighted by molar-refractivity contribution is 7.90. The molecular formula is C15H2F27NO4S. The Hall–Kier alpha value is -2.93. The predicted molar refractivity (Wildman–Crippen MR) is 89.4 cm³/mol. The molecule has 0 saturated heterocycles.